The molecule has 0 bridgehead atoms. The summed E-state index contributed by atoms with van der Waals surface area (Å²) < 4.78 is 8.75. The summed E-state index contributed by atoms with van der Waals surface area (Å²) in [5.41, 5.74) is 0. The molecule has 90 valence electrons. The van der Waals surface area contributed by atoms with E-state index in [1.165, 1.54) is 0 Å². The molecule has 0 aliphatic carbocycles. The molecule has 0 aliphatic heterocycles. The Bertz CT molecular complexity index is 327. The van der Waals surface area contributed by atoms with Gasteiger partial charge in [-0.05, 0) is 50.4 Å². The Hall–Kier alpha value is 0.940. The van der Waals surface area contributed by atoms with Crippen LogP contribution in [0.25, 0.3) is 0 Å². The average molecular weight is 480 g/mol. The Morgan fingerprint density at radius 1 is 1.19 bits per heavy atom. The topological polar surface area (TPSA) is 9.23 Å². The van der Waals surface area contributed by atoms with Gasteiger partial charge in [0.25, 0.3) is 0 Å². The highest BCUT2D eigenvalue weighted by Crippen LogP contribution is 2.36. The van der Waals surface area contributed by atoms with Gasteiger partial charge in [0.1, 0.15) is 5.75 Å². The quantitative estimate of drug-likeness (QED) is 0.487. The molecule has 0 saturated carbocycles. The molecule has 0 aliphatic rings. The Kier molecular flexibility index (Phi) is 6.93. The van der Waals surface area contributed by atoms with Crippen molar-refractivity contribution in [2.24, 2.45) is 5.92 Å². The summed E-state index contributed by atoms with van der Waals surface area (Å²) in [5.74, 6) is 1.41. The third-order valence-electron chi connectivity index (χ3n) is 2.22. The van der Waals surface area contributed by atoms with E-state index in [-0.39, 0.29) is 0 Å². The SMILES string of the molecule is CCC(CBr)COc1c(Br)cc(Br)cc1Br. The second kappa shape index (κ2) is 7.39. The molecule has 0 spiro atoms. The number of alkyl halides is 1. The average Bonchev–Trinajstić information content (AvgIpc) is 2.22. The maximum Gasteiger partial charge on any atom is 0.147 e. The van der Waals surface area contributed by atoms with Crippen molar-refractivity contribution in [3.05, 3.63) is 25.6 Å². The normalized spacial score (nSPS) is 12.6. The van der Waals surface area contributed by atoms with E-state index in [0.717, 1.165) is 37.5 Å². The highest BCUT2D eigenvalue weighted by atomic mass is 79.9. The van der Waals surface area contributed by atoms with E-state index >= 15 is 0 Å². The second-order valence-electron chi connectivity index (χ2n) is 3.44. The van der Waals surface area contributed by atoms with Crippen LogP contribution in [-0.2, 0) is 0 Å². The fraction of sp³-hybridized carbons (Fsp3) is 0.455. The van der Waals surface area contributed by atoms with Crippen LogP contribution in [0.4, 0.5) is 0 Å². The van der Waals surface area contributed by atoms with Crippen LogP contribution in [0.3, 0.4) is 0 Å². The minimum Gasteiger partial charge on any atom is -0.491 e. The zero-order valence-electron chi connectivity index (χ0n) is 8.77. The van der Waals surface area contributed by atoms with Crippen molar-refractivity contribution in [1.29, 1.82) is 0 Å². The summed E-state index contributed by atoms with van der Waals surface area (Å²) >= 11 is 13.9. The Balaban J connectivity index is 2.74. The molecule has 1 atom stereocenters. The highest BCUT2D eigenvalue weighted by molar-refractivity contribution is 9.11. The van der Waals surface area contributed by atoms with Crippen molar-refractivity contribution < 1.29 is 4.74 Å². The third kappa shape index (κ3) is 4.31. The molecule has 0 radical (unpaired) electrons. The first-order chi connectivity index (χ1) is 7.58. The van der Waals surface area contributed by atoms with Gasteiger partial charge in [-0.25, -0.2) is 0 Å². The molecule has 0 fully saturated rings. The van der Waals surface area contributed by atoms with Crippen LogP contribution in [0, 0.1) is 5.92 Å². The van der Waals surface area contributed by atoms with E-state index in [1.807, 2.05) is 12.1 Å². The van der Waals surface area contributed by atoms with Gasteiger partial charge in [-0.1, -0.05) is 38.8 Å². The highest BCUT2D eigenvalue weighted by Gasteiger charge is 2.11. The maximum atomic E-state index is 5.82. The minimum atomic E-state index is 0.544. The van der Waals surface area contributed by atoms with E-state index in [9.17, 15) is 0 Å². The molecule has 16 heavy (non-hydrogen) atoms. The van der Waals surface area contributed by atoms with Crippen LogP contribution in [0.5, 0.6) is 5.75 Å². The standard InChI is InChI=1S/C11H12Br4O/c1-2-7(5-12)6-16-11-9(14)3-8(13)4-10(11)15/h3-4,7H,2,5-6H2,1H3. The molecule has 1 nitrogen and oxygen atoms in total. The molecule has 1 rings (SSSR count). The van der Waals surface area contributed by atoms with E-state index in [4.69, 9.17) is 4.74 Å². The molecular weight excluding hydrogens is 468 g/mol. The van der Waals surface area contributed by atoms with Crippen LogP contribution in [0.2, 0.25) is 0 Å². The van der Waals surface area contributed by atoms with E-state index in [1.54, 1.807) is 0 Å². The van der Waals surface area contributed by atoms with Crippen LogP contribution in [0.15, 0.2) is 25.6 Å². The summed E-state index contributed by atoms with van der Waals surface area (Å²) in [6.07, 6.45) is 1.11. The lowest BCUT2D eigenvalue weighted by Gasteiger charge is -2.15. The van der Waals surface area contributed by atoms with Gasteiger partial charge in [0, 0.05) is 15.7 Å². The molecule has 0 heterocycles. The van der Waals surface area contributed by atoms with Crippen LogP contribution in [0.1, 0.15) is 13.3 Å². The molecule has 0 amide bonds. The summed E-state index contributed by atoms with van der Waals surface area (Å²) in [5, 5.41) is 0.968. The van der Waals surface area contributed by atoms with Gasteiger partial charge in [-0.15, -0.1) is 0 Å². The number of rotatable bonds is 5. The lowest BCUT2D eigenvalue weighted by Crippen LogP contribution is -2.12. The van der Waals surface area contributed by atoms with Gasteiger partial charge in [-0.3, -0.25) is 0 Å². The molecule has 1 unspecified atom stereocenters. The number of benzene rings is 1. The van der Waals surface area contributed by atoms with Crippen molar-refractivity contribution in [2.75, 3.05) is 11.9 Å². The van der Waals surface area contributed by atoms with Crippen molar-refractivity contribution >= 4 is 63.7 Å². The molecular formula is C11H12Br4O. The summed E-state index contributed by atoms with van der Waals surface area (Å²) in [6.45, 7) is 2.89. The maximum absolute atomic E-state index is 5.82. The lowest BCUT2D eigenvalue weighted by atomic mass is 10.1. The number of hydrogen-bond donors (Lipinski definition) is 0. The molecule has 5 heteroatoms. The summed E-state index contributed by atoms with van der Waals surface area (Å²) in [4.78, 5) is 0. The van der Waals surface area contributed by atoms with Gasteiger partial charge in [-0.2, -0.15) is 0 Å². The zero-order chi connectivity index (χ0) is 12.1. The minimum absolute atomic E-state index is 0.544. The Labute approximate surface area is 130 Å². The smallest absolute Gasteiger partial charge is 0.147 e. The Morgan fingerprint density at radius 3 is 2.19 bits per heavy atom. The van der Waals surface area contributed by atoms with Gasteiger partial charge in [0.05, 0.1) is 15.6 Å². The largest absolute Gasteiger partial charge is 0.491 e. The summed E-state index contributed by atoms with van der Waals surface area (Å²) in [6, 6.07) is 3.96. The van der Waals surface area contributed by atoms with Crippen LogP contribution < -0.4 is 4.74 Å². The first-order valence-electron chi connectivity index (χ1n) is 4.91. The predicted molar refractivity (Wildman–Crippen MR) is 82.6 cm³/mol. The van der Waals surface area contributed by atoms with E-state index < -0.39 is 0 Å². The number of hydrogen-bond acceptors (Lipinski definition) is 1. The van der Waals surface area contributed by atoms with Crippen molar-refractivity contribution in [2.45, 2.75) is 13.3 Å². The third-order valence-corrected chi connectivity index (χ3v) is 4.77. The first-order valence-corrected chi connectivity index (χ1v) is 8.41. The molecule has 1 aromatic carbocycles. The molecule has 0 aromatic heterocycles. The van der Waals surface area contributed by atoms with Gasteiger partial charge < -0.3 is 4.74 Å². The van der Waals surface area contributed by atoms with Gasteiger partial charge in [0.15, 0.2) is 0 Å². The zero-order valence-corrected chi connectivity index (χ0v) is 15.1. The van der Waals surface area contributed by atoms with Gasteiger partial charge in [0.2, 0.25) is 0 Å². The molecule has 0 N–H and O–H groups in total. The van der Waals surface area contributed by atoms with E-state index in [2.05, 4.69) is 70.6 Å². The fourth-order valence-corrected chi connectivity index (χ4v) is 4.27. The molecule has 1 aromatic rings. The Morgan fingerprint density at radius 2 is 1.75 bits per heavy atom. The number of ether oxygens (including phenoxy) is 1. The lowest BCUT2D eigenvalue weighted by molar-refractivity contribution is 0.257. The predicted octanol–water partition coefficient (Wildman–Crippen LogP) is 5.77. The monoisotopic (exact) mass is 476 g/mol. The van der Waals surface area contributed by atoms with Crippen molar-refractivity contribution in [3.8, 4) is 5.75 Å². The fourth-order valence-electron chi connectivity index (χ4n) is 1.14. The van der Waals surface area contributed by atoms with Gasteiger partial charge >= 0.3 is 0 Å². The van der Waals surface area contributed by atoms with Crippen LogP contribution >= 0.6 is 63.7 Å². The summed E-state index contributed by atoms with van der Waals surface area (Å²) in [7, 11) is 0. The number of halogens is 4. The molecule has 0 saturated heterocycles. The van der Waals surface area contributed by atoms with Crippen molar-refractivity contribution in [1.82, 2.24) is 0 Å². The first kappa shape index (κ1) is 15.0. The second-order valence-corrected chi connectivity index (χ2v) is 6.71. The van der Waals surface area contributed by atoms with Crippen LogP contribution in [-0.4, -0.2) is 11.9 Å². The van der Waals surface area contributed by atoms with Crippen molar-refractivity contribution in [3.63, 3.8) is 0 Å². The van der Waals surface area contributed by atoms with E-state index in [0.29, 0.717) is 5.92 Å².